The summed E-state index contributed by atoms with van der Waals surface area (Å²) >= 11 is 1.46. The molecule has 9 heteroatoms. The van der Waals surface area contributed by atoms with Crippen molar-refractivity contribution in [2.45, 2.75) is 39.2 Å². The minimum absolute atomic E-state index is 0.00787. The van der Waals surface area contributed by atoms with Crippen LogP contribution in [0.25, 0.3) is 0 Å². The van der Waals surface area contributed by atoms with Crippen LogP contribution in [0.3, 0.4) is 0 Å². The fraction of sp³-hybridized carbons (Fsp3) is 0.750. The molecule has 7 nitrogen and oxygen atoms in total. The van der Waals surface area contributed by atoms with Gasteiger partial charge in [-0.25, -0.2) is 4.98 Å². The number of amides is 1. The standard InChI is InChI=1S/C16H26N4O3S2/c1-5-14-17-11(2)15(24-14)16(21)20-9-12-6-7-13(20)10-19(8-12)25(22,23)18(3)4/h12-13H,5-10H2,1-4H3/t12-,13+/m1/s1. The number of hydrogen-bond acceptors (Lipinski definition) is 5. The Balaban J connectivity index is 1.85. The summed E-state index contributed by atoms with van der Waals surface area (Å²) in [7, 11) is -0.345. The molecule has 1 aromatic rings. The van der Waals surface area contributed by atoms with Gasteiger partial charge in [0, 0.05) is 39.8 Å². The minimum Gasteiger partial charge on any atom is -0.333 e. The quantitative estimate of drug-likeness (QED) is 0.783. The normalized spacial score (nSPS) is 24.8. The average Bonchev–Trinajstić information content (AvgIpc) is 2.74. The van der Waals surface area contributed by atoms with Gasteiger partial charge in [-0.3, -0.25) is 4.79 Å². The van der Waals surface area contributed by atoms with E-state index in [1.54, 1.807) is 18.4 Å². The largest absolute Gasteiger partial charge is 0.333 e. The van der Waals surface area contributed by atoms with Crippen molar-refractivity contribution in [3.8, 4) is 0 Å². The molecule has 3 saturated heterocycles. The summed E-state index contributed by atoms with van der Waals surface area (Å²) in [4.78, 5) is 20.2. The van der Waals surface area contributed by atoms with Gasteiger partial charge < -0.3 is 4.90 Å². The van der Waals surface area contributed by atoms with Crippen LogP contribution in [0.4, 0.5) is 0 Å². The summed E-state index contributed by atoms with van der Waals surface area (Å²) in [6, 6.07) is -0.0625. The maximum Gasteiger partial charge on any atom is 0.281 e. The minimum atomic E-state index is -3.45. The van der Waals surface area contributed by atoms with E-state index in [0.29, 0.717) is 24.5 Å². The number of nitrogens with zero attached hydrogens (tertiary/aromatic N) is 4. The number of carbonyl (C=O) groups excluding carboxylic acids is 1. The Morgan fingerprint density at radius 3 is 2.60 bits per heavy atom. The van der Waals surface area contributed by atoms with Gasteiger partial charge in [0.1, 0.15) is 4.88 Å². The first-order valence-electron chi connectivity index (χ1n) is 8.68. The van der Waals surface area contributed by atoms with Gasteiger partial charge in [0.05, 0.1) is 10.7 Å². The fourth-order valence-corrected chi connectivity index (χ4v) is 5.82. The molecular formula is C16H26N4O3S2. The number of aryl methyl sites for hydroxylation is 2. The number of carbonyl (C=O) groups is 1. The zero-order chi connectivity index (χ0) is 18.4. The predicted octanol–water partition coefficient (Wildman–Crippen LogP) is 1.36. The van der Waals surface area contributed by atoms with Gasteiger partial charge in [-0.2, -0.15) is 17.0 Å². The predicted molar refractivity (Wildman–Crippen MR) is 98.0 cm³/mol. The van der Waals surface area contributed by atoms with Crippen LogP contribution < -0.4 is 0 Å². The Kier molecular flexibility index (Phi) is 5.21. The molecule has 0 unspecified atom stereocenters. The molecule has 0 radical (unpaired) electrons. The average molecular weight is 387 g/mol. The van der Waals surface area contributed by atoms with Crippen molar-refractivity contribution in [3.05, 3.63) is 15.6 Å². The van der Waals surface area contributed by atoms with Gasteiger partial charge in [0.25, 0.3) is 16.1 Å². The van der Waals surface area contributed by atoms with Crippen LogP contribution in [-0.4, -0.2) is 72.6 Å². The summed E-state index contributed by atoms with van der Waals surface area (Å²) in [5, 5.41) is 0.970. The number of piperidine rings is 1. The van der Waals surface area contributed by atoms with Crippen LogP contribution in [0.15, 0.2) is 0 Å². The van der Waals surface area contributed by atoms with Crippen LogP contribution in [0.5, 0.6) is 0 Å². The van der Waals surface area contributed by atoms with Gasteiger partial charge in [-0.15, -0.1) is 11.3 Å². The highest BCUT2D eigenvalue weighted by Gasteiger charge is 2.42. The Morgan fingerprint density at radius 1 is 1.28 bits per heavy atom. The third-order valence-corrected chi connectivity index (χ3v) is 8.23. The van der Waals surface area contributed by atoms with Gasteiger partial charge in [0.2, 0.25) is 0 Å². The van der Waals surface area contributed by atoms with Crippen LogP contribution in [0, 0.1) is 12.8 Å². The molecule has 0 spiro atoms. The summed E-state index contributed by atoms with van der Waals surface area (Å²) in [6.45, 7) is 5.40. The van der Waals surface area contributed by atoms with E-state index in [-0.39, 0.29) is 17.9 Å². The van der Waals surface area contributed by atoms with E-state index >= 15 is 0 Å². The fourth-order valence-electron chi connectivity index (χ4n) is 3.64. The molecule has 3 fully saturated rings. The van der Waals surface area contributed by atoms with Crippen molar-refractivity contribution in [2.24, 2.45) is 5.92 Å². The van der Waals surface area contributed by atoms with Crippen LogP contribution in [0.2, 0.25) is 0 Å². The van der Waals surface area contributed by atoms with E-state index in [0.717, 1.165) is 30.0 Å². The highest BCUT2D eigenvalue weighted by molar-refractivity contribution is 7.86. The van der Waals surface area contributed by atoms with E-state index in [4.69, 9.17) is 0 Å². The first kappa shape index (κ1) is 18.8. The third kappa shape index (κ3) is 3.47. The van der Waals surface area contributed by atoms with Gasteiger partial charge in [-0.05, 0) is 32.1 Å². The van der Waals surface area contributed by atoms with Crippen molar-refractivity contribution in [2.75, 3.05) is 33.7 Å². The lowest BCUT2D eigenvalue weighted by atomic mass is 9.95. The summed E-state index contributed by atoms with van der Waals surface area (Å²) in [5.74, 6) is 0.199. The summed E-state index contributed by atoms with van der Waals surface area (Å²) in [6.07, 6.45) is 2.64. The lowest BCUT2D eigenvalue weighted by molar-refractivity contribution is 0.0592. The van der Waals surface area contributed by atoms with E-state index in [2.05, 4.69) is 4.98 Å². The van der Waals surface area contributed by atoms with Crippen LogP contribution in [-0.2, 0) is 16.6 Å². The first-order valence-corrected chi connectivity index (χ1v) is 10.9. The number of thiazole rings is 1. The molecule has 0 aliphatic carbocycles. The molecule has 0 saturated carbocycles. The number of rotatable bonds is 4. The monoisotopic (exact) mass is 386 g/mol. The third-order valence-electron chi connectivity index (χ3n) is 5.07. The van der Waals surface area contributed by atoms with Gasteiger partial charge >= 0.3 is 0 Å². The van der Waals surface area contributed by atoms with Crippen LogP contribution >= 0.6 is 11.3 Å². The molecule has 140 valence electrons. The van der Waals surface area contributed by atoms with E-state index in [1.807, 2.05) is 18.7 Å². The molecule has 3 aliphatic rings. The Morgan fingerprint density at radius 2 is 2.00 bits per heavy atom. The van der Waals surface area contributed by atoms with Gasteiger partial charge in [-0.1, -0.05) is 6.92 Å². The van der Waals surface area contributed by atoms with Crippen molar-refractivity contribution in [1.29, 1.82) is 0 Å². The van der Waals surface area contributed by atoms with Crippen molar-refractivity contribution in [3.63, 3.8) is 0 Å². The van der Waals surface area contributed by atoms with E-state index < -0.39 is 10.2 Å². The highest BCUT2D eigenvalue weighted by atomic mass is 32.2. The van der Waals surface area contributed by atoms with Gasteiger partial charge in [0.15, 0.2) is 0 Å². The molecule has 4 heterocycles. The lowest BCUT2D eigenvalue weighted by Crippen LogP contribution is -2.48. The highest BCUT2D eigenvalue weighted by Crippen LogP contribution is 2.32. The van der Waals surface area contributed by atoms with Crippen molar-refractivity contribution < 1.29 is 13.2 Å². The van der Waals surface area contributed by atoms with E-state index in [9.17, 15) is 13.2 Å². The molecule has 4 rings (SSSR count). The maximum atomic E-state index is 13.1. The van der Waals surface area contributed by atoms with E-state index in [1.165, 1.54) is 15.6 Å². The molecule has 2 atom stereocenters. The lowest BCUT2D eigenvalue weighted by Gasteiger charge is -2.36. The molecule has 0 aromatic carbocycles. The first-order chi connectivity index (χ1) is 11.7. The molecule has 1 aromatic heterocycles. The zero-order valence-corrected chi connectivity index (χ0v) is 16.9. The number of aromatic nitrogens is 1. The molecule has 25 heavy (non-hydrogen) atoms. The summed E-state index contributed by atoms with van der Waals surface area (Å²) in [5.41, 5.74) is 0.782. The molecule has 1 amide bonds. The summed E-state index contributed by atoms with van der Waals surface area (Å²) < 4.78 is 27.9. The smallest absolute Gasteiger partial charge is 0.281 e. The topological polar surface area (TPSA) is 73.8 Å². The SMILES string of the molecule is CCc1nc(C)c(C(=O)N2C[C@@H]3CC[C@H]2CN(S(=O)(=O)N(C)C)C3)s1. The molecule has 3 aliphatic heterocycles. The Hall–Kier alpha value is -1.03. The Bertz CT molecular complexity index is 759. The van der Waals surface area contributed by atoms with Crippen molar-refractivity contribution >= 4 is 27.5 Å². The van der Waals surface area contributed by atoms with Crippen LogP contribution in [0.1, 0.15) is 40.1 Å². The maximum absolute atomic E-state index is 13.1. The molecular weight excluding hydrogens is 360 g/mol. The Labute approximate surface area is 153 Å². The number of fused-ring (bicyclic) bond motifs is 4. The second-order valence-electron chi connectivity index (χ2n) is 7.04. The van der Waals surface area contributed by atoms with Crippen molar-refractivity contribution in [1.82, 2.24) is 18.5 Å². The molecule has 2 bridgehead atoms. The molecule has 0 N–H and O–H groups in total. The number of hydrogen-bond donors (Lipinski definition) is 0. The zero-order valence-electron chi connectivity index (χ0n) is 15.2. The second kappa shape index (κ2) is 6.94. The second-order valence-corrected chi connectivity index (χ2v) is 10.3.